The summed E-state index contributed by atoms with van der Waals surface area (Å²) in [7, 11) is 1.64. The first-order valence-electron chi connectivity index (χ1n) is 11.5. The molecule has 1 aromatic heterocycles. The van der Waals surface area contributed by atoms with Gasteiger partial charge in [0.2, 0.25) is 0 Å². The van der Waals surface area contributed by atoms with Gasteiger partial charge in [0.15, 0.2) is 5.78 Å². The minimum Gasteiger partial charge on any atom is -0.497 e. The minimum atomic E-state index is 0.109. The highest BCUT2D eigenvalue weighted by atomic mass is 16.5. The van der Waals surface area contributed by atoms with E-state index < -0.39 is 0 Å². The molecule has 0 amide bonds. The van der Waals surface area contributed by atoms with E-state index in [2.05, 4.69) is 41.0 Å². The number of para-hydroxylation sites is 1. The monoisotopic (exact) mass is 440 g/mol. The van der Waals surface area contributed by atoms with Crippen LogP contribution in [-0.4, -0.2) is 49.8 Å². The minimum absolute atomic E-state index is 0.109. The normalized spacial score (nSPS) is 15.8. The van der Waals surface area contributed by atoms with Crippen LogP contribution in [0.3, 0.4) is 0 Å². The molecule has 0 unspecified atom stereocenters. The van der Waals surface area contributed by atoms with Crippen molar-refractivity contribution >= 4 is 28.7 Å². The second-order valence-corrected chi connectivity index (χ2v) is 8.38. The lowest BCUT2D eigenvalue weighted by atomic mass is 9.91. The van der Waals surface area contributed by atoms with Gasteiger partial charge in [-0.2, -0.15) is 0 Å². The predicted octanol–water partition coefficient (Wildman–Crippen LogP) is 4.69. The number of nitrogens with zero attached hydrogens (tertiary/aromatic N) is 4. The number of hydrogen-bond donors (Lipinski definition) is 0. The number of aryl methyl sites for hydroxylation is 1. The number of carbonyl (C=O) groups excluding carboxylic acids is 1. The van der Waals surface area contributed by atoms with Crippen LogP contribution in [0.5, 0.6) is 5.75 Å². The zero-order valence-corrected chi connectivity index (χ0v) is 19.1. The summed E-state index contributed by atoms with van der Waals surface area (Å²) < 4.78 is 5.46. The van der Waals surface area contributed by atoms with Gasteiger partial charge < -0.3 is 14.5 Å². The van der Waals surface area contributed by atoms with E-state index in [-0.39, 0.29) is 12.2 Å². The Balaban J connectivity index is 1.45. The first kappa shape index (κ1) is 21.2. The maximum absolute atomic E-state index is 13.2. The van der Waals surface area contributed by atoms with Crippen LogP contribution in [0, 0.1) is 0 Å². The molecule has 0 radical (unpaired) electrons. The van der Waals surface area contributed by atoms with Crippen molar-refractivity contribution in [1.29, 1.82) is 0 Å². The maximum atomic E-state index is 13.2. The first-order valence-corrected chi connectivity index (χ1v) is 11.5. The van der Waals surface area contributed by atoms with Crippen LogP contribution in [0.2, 0.25) is 0 Å². The van der Waals surface area contributed by atoms with Crippen molar-refractivity contribution in [2.45, 2.75) is 19.8 Å². The number of fused-ring (bicyclic) bond motifs is 1. The van der Waals surface area contributed by atoms with Crippen LogP contribution < -0.4 is 14.5 Å². The molecule has 0 bridgehead atoms. The van der Waals surface area contributed by atoms with Gasteiger partial charge in [-0.05, 0) is 42.3 Å². The van der Waals surface area contributed by atoms with Crippen LogP contribution in [0.15, 0.2) is 65.8 Å². The second kappa shape index (κ2) is 9.06. The molecule has 2 aliphatic heterocycles. The molecule has 0 aliphatic carbocycles. The molecule has 5 rings (SSSR count). The van der Waals surface area contributed by atoms with E-state index in [0.29, 0.717) is 5.69 Å². The topological polar surface area (TPSA) is 58.0 Å². The number of aliphatic imine (C=N–C) groups is 1. The molecule has 0 N–H and O–H groups in total. The number of methoxy groups -OCH3 is 1. The molecule has 168 valence electrons. The smallest absolute Gasteiger partial charge is 0.171 e. The van der Waals surface area contributed by atoms with Gasteiger partial charge in [-0.3, -0.25) is 9.79 Å². The van der Waals surface area contributed by atoms with Crippen LogP contribution in [0.4, 0.5) is 17.2 Å². The fourth-order valence-electron chi connectivity index (χ4n) is 4.73. The molecule has 3 aromatic rings. The van der Waals surface area contributed by atoms with Gasteiger partial charge >= 0.3 is 0 Å². The SMILES string of the molecule is CCc1cc(OC)cc2c1C(=O)CC(c1cccnc1N1CCN(c3ccccc3)CC1)=N2. The van der Waals surface area contributed by atoms with E-state index >= 15 is 0 Å². The van der Waals surface area contributed by atoms with Gasteiger partial charge in [-0.25, -0.2) is 4.98 Å². The molecule has 6 heteroatoms. The third kappa shape index (κ3) is 4.09. The van der Waals surface area contributed by atoms with Crippen molar-refractivity contribution in [2.24, 2.45) is 4.99 Å². The Morgan fingerprint density at radius 1 is 0.970 bits per heavy atom. The third-order valence-electron chi connectivity index (χ3n) is 6.45. The summed E-state index contributed by atoms with van der Waals surface area (Å²) in [5.74, 6) is 1.74. The highest BCUT2D eigenvalue weighted by Crippen LogP contribution is 2.36. The molecule has 0 saturated carbocycles. The first-order chi connectivity index (χ1) is 16.2. The van der Waals surface area contributed by atoms with Crippen molar-refractivity contribution in [2.75, 3.05) is 43.1 Å². The zero-order chi connectivity index (χ0) is 22.8. The average molecular weight is 441 g/mol. The standard InChI is InChI=1S/C27H28N4O2/c1-3-19-16-21(33-2)17-24-26(19)25(32)18-23(29-24)22-10-7-11-28-27(22)31-14-12-30(13-15-31)20-8-5-4-6-9-20/h4-11,16-17H,3,12-15,18H2,1-2H3. The van der Waals surface area contributed by atoms with Gasteiger partial charge in [0, 0.05) is 55.3 Å². The Hall–Kier alpha value is -3.67. The van der Waals surface area contributed by atoms with Crippen LogP contribution in [0.25, 0.3) is 0 Å². The Morgan fingerprint density at radius 2 is 1.73 bits per heavy atom. The molecule has 0 spiro atoms. The molecule has 6 nitrogen and oxygen atoms in total. The molecule has 33 heavy (non-hydrogen) atoms. The molecular formula is C27H28N4O2. The highest BCUT2D eigenvalue weighted by Gasteiger charge is 2.28. The van der Waals surface area contributed by atoms with Crippen molar-refractivity contribution in [1.82, 2.24) is 4.98 Å². The zero-order valence-electron chi connectivity index (χ0n) is 19.1. The Bertz CT molecular complexity index is 1200. The summed E-state index contributed by atoms with van der Waals surface area (Å²) in [5.41, 5.74) is 5.37. The number of Topliss-reactive ketones (excluding diaryl/α,β-unsaturated/α-hetero) is 1. The summed E-state index contributed by atoms with van der Waals surface area (Å²) in [6.45, 7) is 5.63. The molecule has 0 atom stereocenters. The Kier molecular flexibility index (Phi) is 5.82. The van der Waals surface area contributed by atoms with Crippen LogP contribution in [-0.2, 0) is 6.42 Å². The molecule has 1 fully saturated rings. The number of rotatable bonds is 5. The van der Waals surface area contributed by atoms with Gasteiger partial charge in [0.25, 0.3) is 0 Å². The lowest BCUT2D eigenvalue weighted by Crippen LogP contribution is -2.47. The van der Waals surface area contributed by atoms with Crippen molar-refractivity contribution in [3.63, 3.8) is 0 Å². The highest BCUT2D eigenvalue weighted by molar-refractivity contribution is 6.22. The Labute approximate surface area is 194 Å². The summed E-state index contributed by atoms with van der Waals surface area (Å²) in [6.07, 6.45) is 2.87. The van der Waals surface area contributed by atoms with E-state index in [1.54, 1.807) is 7.11 Å². The van der Waals surface area contributed by atoms with Crippen molar-refractivity contribution < 1.29 is 9.53 Å². The molecule has 1 saturated heterocycles. The number of hydrogen-bond acceptors (Lipinski definition) is 6. The fraction of sp³-hybridized carbons (Fsp3) is 0.296. The van der Waals surface area contributed by atoms with Crippen LogP contribution >= 0.6 is 0 Å². The van der Waals surface area contributed by atoms with Crippen molar-refractivity contribution in [3.05, 3.63) is 77.5 Å². The van der Waals surface area contributed by atoms with E-state index in [1.807, 2.05) is 36.5 Å². The summed E-state index contributed by atoms with van der Waals surface area (Å²) in [5, 5.41) is 0. The lowest BCUT2D eigenvalue weighted by Gasteiger charge is -2.37. The maximum Gasteiger partial charge on any atom is 0.171 e. The fourth-order valence-corrected chi connectivity index (χ4v) is 4.73. The number of ether oxygens (including phenoxy) is 1. The number of ketones is 1. The van der Waals surface area contributed by atoms with E-state index in [1.165, 1.54) is 5.69 Å². The van der Waals surface area contributed by atoms with Gasteiger partial charge in [0.1, 0.15) is 11.6 Å². The number of benzene rings is 2. The molecule has 2 aliphatic rings. The summed E-state index contributed by atoms with van der Waals surface area (Å²) in [4.78, 5) is 27.5. The number of pyridine rings is 1. The van der Waals surface area contributed by atoms with E-state index in [0.717, 1.165) is 66.6 Å². The van der Waals surface area contributed by atoms with Crippen molar-refractivity contribution in [3.8, 4) is 5.75 Å². The molecule has 3 heterocycles. The largest absolute Gasteiger partial charge is 0.497 e. The third-order valence-corrected chi connectivity index (χ3v) is 6.45. The molecule has 2 aromatic carbocycles. The second-order valence-electron chi connectivity index (χ2n) is 8.38. The van der Waals surface area contributed by atoms with E-state index in [9.17, 15) is 4.79 Å². The number of carbonyl (C=O) groups is 1. The van der Waals surface area contributed by atoms with Gasteiger partial charge in [0.05, 0.1) is 24.9 Å². The number of piperazine rings is 1. The van der Waals surface area contributed by atoms with Gasteiger partial charge in [-0.15, -0.1) is 0 Å². The predicted molar refractivity (Wildman–Crippen MR) is 133 cm³/mol. The van der Waals surface area contributed by atoms with Gasteiger partial charge in [-0.1, -0.05) is 25.1 Å². The van der Waals surface area contributed by atoms with Crippen LogP contribution in [0.1, 0.15) is 34.8 Å². The molecular weight excluding hydrogens is 412 g/mol. The van der Waals surface area contributed by atoms with E-state index in [4.69, 9.17) is 14.7 Å². The lowest BCUT2D eigenvalue weighted by molar-refractivity contribution is 0.0999. The summed E-state index contributed by atoms with van der Waals surface area (Å²) in [6, 6.07) is 18.3. The number of anilines is 2. The summed E-state index contributed by atoms with van der Waals surface area (Å²) >= 11 is 0. The quantitative estimate of drug-likeness (QED) is 0.576. The Morgan fingerprint density at radius 3 is 2.45 bits per heavy atom. The number of aromatic nitrogens is 1. The average Bonchev–Trinajstić information content (AvgIpc) is 2.88.